The van der Waals surface area contributed by atoms with E-state index in [1.165, 1.54) is 12.1 Å². The fourth-order valence-corrected chi connectivity index (χ4v) is 2.12. The highest BCUT2D eigenvalue weighted by molar-refractivity contribution is 5.82. The third kappa shape index (κ3) is 2.30. The summed E-state index contributed by atoms with van der Waals surface area (Å²) in [6.07, 6.45) is 0.680. The van der Waals surface area contributed by atoms with Crippen LogP contribution in [-0.2, 0) is 0 Å². The van der Waals surface area contributed by atoms with Crippen LogP contribution in [0.1, 0.15) is 30.7 Å². The molecule has 0 saturated heterocycles. The minimum Gasteiger partial charge on any atom is -0.459 e. The van der Waals surface area contributed by atoms with Gasteiger partial charge in [0.05, 0.1) is 6.04 Å². The minimum atomic E-state index is -0.268. The standard InChI is InChI=1S/C14H17FN2O/c1-8(2)6-12(17-16)14-9(3)11-7-10(15)4-5-13(11)18-14/h4-5,7,12,17H,1,6,16H2,2-3H3. The van der Waals surface area contributed by atoms with E-state index in [4.69, 9.17) is 10.3 Å². The third-order valence-corrected chi connectivity index (χ3v) is 3.01. The summed E-state index contributed by atoms with van der Waals surface area (Å²) < 4.78 is 19.0. The summed E-state index contributed by atoms with van der Waals surface area (Å²) in [5.41, 5.74) is 5.30. The molecule has 1 heterocycles. The maximum absolute atomic E-state index is 13.2. The van der Waals surface area contributed by atoms with Gasteiger partial charge in [0, 0.05) is 10.9 Å². The molecular formula is C14H17FN2O. The van der Waals surface area contributed by atoms with Crippen LogP contribution in [0.4, 0.5) is 4.39 Å². The van der Waals surface area contributed by atoms with Gasteiger partial charge in [-0.2, -0.15) is 0 Å². The average molecular weight is 248 g/mol. The summed E-state index contributed by atoms with van der Waals surface area (Å²) in [5, 5.41) is 0.784. The topological polar surface area (TPSA) is 51.2 Å². The van der Waals surface area contributed by atoms with Gasteiger partial charge in [-0.1, -0.05) is 5.57 Å². The fourth-order valence-electron chi connectivity index (χ4n) is 2.12. The van der Waals surface area contributed by atoms with E-state index in [2.05, 4.69) is 12.0 Å². The van der Waals surface area contributed by atoms with Crippen molar-refractivity contribution in [2.24, 2.45) is 5.84 Å². The predicted octanol–water partition coefficient (Wildman–Crippen LogP) is 3.35. The summed E-state index contributed by atoms with van der Waals surface area (Å²) in [4.78, 5) is 0. The highest BCUT2D eigenvalue weighted by Gasteiger charge is 2.19. The zero-order chi connectivity index (χ0) is 13.3. The van der Waals surface area contributed by atoms with Crippen molar-refractivity contribution in [1.82, 2.24) is 5.43 Å². The van der Waals surface area contributed by atoms with Crippen LogP contribution in [0.5, 0.6) is 0 Å². The van der Waals surface area contributed by atoms with Crippen molar-refractivity contribution in [3.63, 3.8) is 0 Å². The molecule has 0 aliphatic rings. The van der Waals surface area contributed by atoms with Gasteiger partial charge in [0.2, 0.25) is 0 Å². The van der Waals surface area contributed by atoms with Crippen molar-refractivity contribution in [2.45, 2.75) is 26.3 Å². The van der Waals surface area contributed by atoms with E-state index in [0.717, 1.165) is 22.3 Å². The lowest BCUT2D eigenvalue weighted by Crippen LogP contribution is -2.28. The number of benzene rings is 1. The molecule has 0 aliphatic carbocycles. The quantitative estimate of drug-likeness (QED) is 0.495. The molecule has 0 spiro atoms. The normalized spacial score (nSPS) is 12.9. The van der Waals surface area contributed by atoms with Crippen LogP contribution in [0.15, 0.2) is 34.8 Å². The van der Waals surface area contributed by atoms with E-state index < -0.39 is 0 Å². The number of rotatable bonds is 4. The molecule has 0 amide bonds. The zero-order valence-electron chi connectivity index (χ0n) is 10.6. The van der Waals surface area contributed by atoms with Crippen LogP contribution in [0, 0.1) is 12.7 Å². The van der Waals surface area contributed by atoms with E-state index >= 15 is 0 Å². The van der Waals surface area contributed by atoms with Crippen molar-refractivity contribution >= 4 is 11.0 Å². The molecule has 0 radical (unpaired) electrons. The zero-order valence-corrected chi connectivity index (χ0v) is 10.6. The van der Waals surface area contributed by atoms with Gasteiger partial charge < -0.3 is 4.42 Å². The Morgan fingerprint density at radius 3 is 2.89 bits per heavy atom. The van der Waals surface area contributed by atoms with Crippen LogP contribution in [0.3, 0.4) is 0 Å². The Bertz CT molecular complexity index is 589. The molecule has 2 rings (SSSR count). The van der Waals surface area contributed by atoms with Gasteiger partial charge in [-0.15, -0.1) is 6.58 Å². The first-order valence-electron chi connectivity index (χ1n) is 5.82. The van der Waals surface area contributed by atoms with Crippen LogP contribution in [0.25, 0.3) is 11.0 Å². The van der Waals surface area contributed by atoms with Crippen LogP contribution >= 0.6 is 0 Å². The molecular weight excluding hydrogens is 231 g/mol. The monoisotopic (exact) mass is 248 g/mol. The molecule has 18 heavy (non-hydrogen) atoms. The molecule has 1 aromatic carbocycles. The Labute approximate surface area is 105 Å². The van der Waals surface area contributed by atoms with Crippen molar-refractivity contribution in [3.05, 3.63) is 47.5 Å². The van der Waals surface area contributed by atoms with E-state index in [1.807, 2.05) is 13.8 Å². The number of hydrogen-bond donors (Lipinski definition) is 2. The smallest absolute Gasteiger partial charge is 0.134 e. The number of hydrogen-bond acceptors (Lipinski definition) is 3. The van der Waals surface area contributed by atoms with Crippen LogP contribution in [-0.4, -0.2) is 0 Å². The van der Waals surface area contributed by atoms with Gasteiger partial charge in [0.1, 0.15) is 17.2 Å². The number of hydrazine groups is 1. The first-order chi connectivity index (χ1) is 8.52. The molecule has 3 nitrogen and oxygen atoms in total. The summed E-state index contributed by atoms with van der Waals surface area (Å²) in [5.74, 6) is 6.02. The van der Waals surface area contributed by atoms with E-state index in [-0.39, 0.29) is 11.9 Å². The number of nitrogens with one attached hydrogen (secondary N) is 1. The highest BCUT2D eigenvalue weighted by Crippen LogP contribution is 2.32. The van der Waals surface area contributed by atoms with E-state index in [1.54, 1.807) is 6.07 Å². The third-order valence-electron chi connectivity index (χ3n) is 3.01. The lowest BCUT2D eigenvalue weighted by molar-refractivity contribution is 0.431. The highest BCUT2D eigenvalue weighted by atomic mass is 19.1. The molecule has 0 fully saturated rings. The van der Waals surface area contributed by atoms with Gasteiger partial charge in [-0.25, -0.2) is 9.82 Å². The molecule has 1 aromatic heterocycles. The first kappa shape index (κ1) is 12.8. The van der Waals surface area contributed by atoms with E-state index in [9.17, 15) is 4.39 Å². The molecule has 0 aliphatic heterocycles. The van der Waals surface area contributed by atoms with Crippen LogP contribution in [0.2, 0.25) is 0 Å². The van der Waals surface area contributed by atoms with Crippen molar-refractivity contribution in [1.29, 1.82) is 0 Å². The molecule has 96 valence electrons. The van der Waals surface area contributed by atoms with Gasteiger partial charge in [0.15, 0.2) is 0 Å². The number of nitrogens with two attached hydrogens (primary N) is 1. The Hall–Kier alpha value is -1.65. The summed E-state index contributed by atoms with van der Waals surface area (Å²) >= 11 is 0. The molecule has 0 bridgehead atoms. The van der Waals surface area contributed by atoms with Crippen LogP contribution < -0.4 is 11.3 Å². The van der Waals surface area contributed by atoms with Gasteiger partial charge in [0.25, 0.3) is 0 Å². The Morgan fingerprint density at radius 2 is 2.28 bits per heavy atom. The van der Waals surface area contributed by atoms with Crippen molar-refractivity contribution in [2.75, 3.05) is 0 Å². The number of fused-ring (bicyclic) bond motifs is 1. The Kier molecular flexibility index (Phi) is 3.50. The molecule has 0 saturated carbocycles. The first-order valence-corrected chi connectivity index (χ1v) is 5.82. The average Bonchev–Trinajstić information content (AvgIpc) is 2.64. The largest absolute Gasteiger partial charge is 0.459 e. The van der Waals surface area contributed by atoms with Gasteiger partial charge >= 0.3 is 0 Å². The SMILES string of the molecule is C=C(C)CC(NN)c1oc2ccc(F)cc2c1C. The maximum Gasteiger partial charge on any atom is 0.134 e. The van der Waals surface area contributed by atoms with E-state index in [0.29, 0.717) is 12.0 Å². The van der Waals surface area contributed by atoms with Gasteiger partial charge in [-0.3, -0.25) is 5.84 Å². The predicted molar refractivity (Wildman–Crippen MR) is 70.4 cm³/mol. The van der Waals surface area contributed by atoms with Crippen molar-refractivity contribution < 1.29 is 8.81 Å². The lowest BCUT2D eigenvalue weighted by atomic mass is 10.0. The van der Waals surface area contributed by atoms with Gasteiger partial charge in [-0.05, 0) is 38.5 Å². The second-order valence-corrected chi connectivity index (χ2v) is 4.61. The maximum atomic E-state index is 13.2. The fraction of sp³-hybridized carbons (Fsp3) is 0.286. The molecule has 1 atom stereocenters. The van der Waals surface area contributed by atoms with Crippen molar-refractivity contribution in [3.8, 4) is 0 Å². The second-order valence-electron chi connectivity index (χ2n) is 4.61. The number of aryl methyl sites for hydroxylation is 1. The molecule has 2 aromatic rings. The number of halogens is 1. The number of furan rings is 1. The summed E-state index contributed by atoms with van der Waals surface area (Å²) in [6.45, 7) is 7.71. The molecule has 1 unspecified atom stereocenters. The second kappa shape index (κ2) is 4.92. The molecule has 3 N–H and O–H groups in total. The minimum absolute atomic E-state index is 0.141. The summed E-state index contributed by atoms with van der Waals surface area (Å²) in [6, 6.07) is 4.36. The Balaban J connectivity index is 2.50. The lowest BCUT2D eigenvalue weighted by Gasteiger charge is -2.14. The Morgan fingerprint density at radius 1 is 1.56 bits per heavy atom. The summed E-state index contributed by atoms with van der Waals surface area (Å²) in [7, 11) is 0. The molecule has 4 heteroatoms.